The average molecular weight is 576 g/mol. The van der Waals surface area contributed by atoms with Gasteiger partial charge in [0.05, 0.1) is 6.04 Å². The van der Waals surface area contributed by atoms with Gasteiger partial charge in [-0.25, -0.2) is 4.79 Å². The predicted octanol–water partition coefficient (Wildman–Crippen LogP) is 0.352. The largest absolute Gasteiger partial charge is 0.481 e. The van der Waals surface area contributed by atoms with Gasteiger partial charge in [0.1, 0.15) is 18.1 Å². The zero-order valence-electron chi connectivity index (χ0n) is 22.9. The lowest BCUT2D eigenvalue weighted by Crippen LogP contribution is -2.57. The first kappa shape index (κ1) is 32.8. The predicted molar refractivity (Wildman–Crippen MR) is 147 cm³/mol. The van der Waals surface area contributed by atoms with Gasteiger partial charge in [-0.3, -0.25) is 24.0 Å². The Bertz CT molecular complexity index is 1260. The number of aromatic nitrogens is 1. The number of hydrogen-bond donors (Lipinski definition) is 8. The van der Waals surface area contributed by atoms with E-state index in [-0.39, 0.29) is 31.6 Å². The molecule has 0 bridgehead atoms. The molecule has 0 aliphatic rings. The molecule has 2 aromatic rings. The maximum atomic E-state index is 13.2. The van der Waals surface area contributed by atoms with E-state index in [2.05, 4.69) is 20.9 Å². The highest BCUT2D eigenvalue weighted by Gasteiger charge is 2.31. The van der Waals surface area contributed by atoms with Crippen LogP contribution in [0.2, 0.25) is 0 Å². The van der Waals surface area contributed by atoms with Gasteiger partial charge in [-0.05, 0) is 43.2 Å². The lowest BCUT2D eigenvalue weighted by atomic mass is 10.0. The van der Waals surface area contributed by atoms with Crippen molar-refractivity contribution in [3.63, 3.8) is 0 Å². The number of nitrogens with one attached hydrogen (secondary N) is 4. The van der Waals surface area contributed by atoms with E-state index < -0.39 is 72.6 Å². The number of aromatic amines is 1. The zero-order valence-corrected chi connectivity index (χ0v) is 22.9. The summed E-state index contributed by atoms with van der Waals surface area (Å²) in [7, 11) is 0. The topological polar surface area (TPSA) is 241 Å². The van der Waals surface area contributed by atoms with Crippen molar-refractivity contribution in [2.24, 2.45) is 11.7 Å². The van der Waals surface area contributed by atoms with Gasteiger partial charge < -0.3 is 42.0 Å². The van der Waals surface area contributed by atoms with E-state index in [1.807, 2.05) is 24.3 Å². The van der Waals surface area contributed by atoms with Crippen molar-refractivity contribution in [1.29, 1.82) is 0 Å². The number of para-hydroxylation sites is 1. The fourth-order valence-electron chi connectivity index (χ4n) is 4.22. The molecule has 2 rings (SSSR count). The number of aliphatic carboxylic acids is 3. The molecule has 41 heavy (non-hydrogen) atoms. The van der Waals surface area contributed by atoms with Gasteiger partial charge in [0.25, 0.3) is 0 Å². The lowest BCUT2D eigenvalue weighted by molar-refractivity contribution is -0.143. The standard InChI is InChI=1S/C27H37N5O9/c1-14(2)11-21(27(40)41)32-26(39)20(8-10-23(35)36)31-25(38)19(7-9-22(33)34)30-24(37)17(28)12-15-13-29-18-6-4-3-5-16(15)18/h3-6,13-14,17,19-21,29H,7-12,28H2,1-2H3,(H,30,37)(H,31,38)(H,32,39)(H,33,34)(H,35,36)(H,40,41)/t17-,19-,20-,21-/m0/s1. The van der Waals surface area contributed by atoms with Crippen molar-refractivity contribution in [2.45, 2.75) is 76.5 Å². The van der Waals surface area contributed by atoms with Gasteiger partial charge in [0, 0.05) is 29.9 Å². The van der Waals surface area contributed by atoms with Crippen LogP contribution >= 0.6 is 0 Å². The molecule has 0 aliphatic carbocycles. The summed E-state index contributed by atoms with van der Waals surface area (Å²) >= 11 is 0. The first-order valence-electron chi connectivity index (χ1n) is 13.2. The summed E-state index contributed by atoms with van der Waals surface area (Å²) in [6, 6.07) is 2.12. The molecule has 0 unspecified atom stereocenters. The van der Waals surface area contributed by atoms with Crippen molar-refractivity contribution >= 4 is 46.5 Å². The Balaban J connectivity index is 2.17. The monoisotopic (exact) mass is 575 g/mol. The lowest BCUT2D eigenvalue weighted by Gasteiger charge is -2.25. The molecular formula is C27H37N5O9. The maximum Gasteiger partial charge on any atom is 0.326 e. The molecule has 0 radical (unpaired) electrons. The second kappa shape index (κ2) is 15.4. The van der Waals surface area contributed by atoms with Gasteiger partial charge in [-0.15, -0.1) is 0 Å². The normalized spacial score (nSPS) is 14.0. The molecule has 14 heteroatoms. The highest BCUT2D eigenvalue weighted by molar-refractivity contribution is 5.94. The first-order valence-corrected chi connectivity index (χ1v) is 13.2. The summed E-state index contributed by atoms with van der Waals surface area (Å²) in [5.74, 6) is -6.49. The Kier molecular flexibility index (Phi) is 12.3. The van der Waals surface area contributed by atoms with Crippen LogP contribution in [-0.2, 0) is 35.2 Å². The Morgan fingerprint density at radius 3 is 1.83 bits per heavy atom. The Morgan fingerprint density at radius 2 is 1.32 bits per heavy atom. The van der Waals surface area contributed by atoms with E-state index in [9.17, 15) is 33.9 Å². The number of rotatable bonds is 17. The van der Waals surface area contributed by atoms with Crippen molar-refractivity contribution in [3.8, 4) is 0 Å². The fraction of sp³-hybridized carbons (Fsp3) is 0.481. The Hall–Kier alpha value is -4.46. The summed E-state index contributed by atoms with van der Waals surface area (Å²) in [5.41, 5.74) is 7.70. The summed E-state index contributed by atoms with van der Waals surface area (Å²) in [5, 5.41) is 35.6. The molecule has 14 nitrogen and oxygen atoms in total. The molecule has 3 amide bonds. The fourth-order valence-corrected chi connectivity index (χ4v) is 4.22. The number of carbonyl (C=O) groups excluding carboxylic acids is 3. The van der Waals surface area contributed by atoms with Crippen LogP contribution in [0.4, 0.5) is 0 Å². The van der Waals surface area contributed by atoms with Crippen LogP contribution in [0.15, 0.2) is 30.5 Å². The SMILES string of the molecule is CC(C)C[C@H](NC(=O)[C@H](CCC(=O)O)NC(=O)[C@H](CCC(=O)O)NC(=O)[C@@H](N)Cc1c[nH]c2ccccc12)C(=O)O. The second-order valence-electron chi connectivity index (χ2n) is 10.2. The minimum absolute atomic E-state index is 0.0896. The molecule has 0 aliphatic heterocycles. The average Bonchev–Trinajstić information content (AvgIpc) is 3.30. The van der Waals surface area contributed by atoms with E-state index in [0.29, 0.717) is 0 Å². The van der Waals surface area contributed by atoms with Crippen LogP contribution < -0.4 is 21.7 Å². The molecule has 0 spiro atoms. The third-order valence-corrected chi connectivity index (χ3v) is 6.33. The minimum Gasteiger partial charge on any atom is -0.481 e. The summed E-state index contributed by atoms with van der Waals surface area (Å²) < 4.78 is 0. The van der Waals surface area contributed by atoms with E-state index in [0.717, 1.165) is 16.5 Å². The van der Waals surface area contributed by atoms with Crippen molar-refractivity contribution < 1.29 is 44.1 Å². The third-order valence-electron chi connectivity index (χ3n) is 6.33. The Labute approximate surface area is 236 Å². The van der Waals surface area contributed by atoms with Crippen LogP contribution in [0.25, 0.3) is 10.9 Å². The van der Waals surface area contributed by atoms with Gasteiger partial charge in [0.2, 0.25) is 17.7 Å². The molecule has 1 aromatic heterocycles. The first-order chi connectivity index (χ1) is 19.3. The number of carboxylic acid groups (broad SMARTS) is 3. The van der Waals surface area contributed by atoms with Crippen LogP contribution in [0.1, 0.15) is 51.5 Å². The number of carbonyl (C=O) groups is 6. The second-order valence-corrected chi connectivity index (χ2v) is 10.2. The van der Waals surface area contributed by atoms with Crippen molar-refractivity contribution in [1.82, 2.24) is 20.9 Å². The van der Waals surface area contributed by atoms with Crippen molar-refractivity contribution in [3.05, 3.63) is 36.0 Å². The number of benzene rings is 1. The number of H-pyrrole nitrogens is 1. The quantitative estimate of drug-likeness (QED) is 0.129. The number of hydrogen-bond acceptors (Lipinski definition) is 7. The molecular weight excluding hydrogens is 538 g/mol. The molecule has 9 N–H and O–H groups in total. The molecule has 1 heterocycles. The maximum absolute atomic E-state index is 13.2. The number of fused-ring (bicyclic) bond motifs is 1. The summed E-state index contributed by atoms with van der Waals surface area (Å²) in [4.78, 5) is 76.0. The minimum atomic E-state index is -1.46. The van der Waals surface area contributed by atoms with Crippen LogP contribution in [-0.4, -0.2) is 80.1 Å². The van der Waals surface area contributed by atoms with E-state index in [4.69, 9.17) is 15.9 Å². The summed E-state index contributed by atoms with van der Waals surface area (Å²) in [6.45, 7) is 3.51. The molecule has 1 aromatic carbocycles. The molecule has 0 saturated carbocycles. The van der Waals surface area contributed by atoms with Crippen molar-refractivity contribution in [2.75, 3.05) is 0 Å². The highest BCUT2D eigenvalue weighted by Crippen LogP contribution is 2.19. The van der Waals surface area contributed by atoms with E-state index >= 15 is 0 Å². The number of amides is 3. The summed E-state index contributed by atoms with van der Waals surface area (Å²) in [6.07, 6.45) is 0.165. The van der Waals surface area contributed by atoms with E-state index in [1.54, 1.807) is 20.0 Å². The molecule has 4 atom stereocenters. The molecule has 224 valence electrons. The molecule has 0 fully saturated rings. The number of carboxylic acids is 3. The Morgan fingerprint density at radius 1 is 0.805 bits per heavy atom. The number of nitrogens with two attached hydrogens (primary N) is 1. The zero-order chi connectivity index (χ0) is 30.7. The van der Waals surface area contributed by atoms with Crippen LogP contribution in [0.3, 0.4) is 0 Å². The smallest absolute Gasteiger partial charge is 0.326 e. The highest BCUT2D eigenvalue weighted by atomic mass is 16.4. The van der Waals surface area contributed by atoms with Gasteiger partial charge >= 0.3 is 17.9 Å². The van der Waals surface area contributed by atoms with Gasteiger partial charge in [0.15, 0.2) is 0 Å². The van der Waals surface area contributed by atoms with Gasteiger partial charge in [-0.1, -0.05) is 32.0 Å². The van der Waals surface area contributed by atoms with Crippen LogP contribution in [0.5, 0.6) is 0 Å². The third kappa shape index (κ3) is 10.6. The van der Waals surface area contributed by atoms with E-state index in [1.165, 1.54) is 0 Å². The van der Waals surface area contributed by atoms with Crippen LogP contribution in [0, 0.1) is 5.92 Å². The molecule has 0 saturated heterocycles. The van der Waals surface area contributed by atoms with Gasteiger partial charge in [-0.2, -0.15) is 0 Å².